The molecule has 0 unspecified atom stereocenters. The molecule has 2 rings (SSSR count). The molecule has 0 bridgehead atoms. The van der Waals surface area contributed by atoms with E-state index >= 15 is 0 Å². The van der Waals surface area contributed by atoms with Crippen molar-refractivity contribution in [2.45, 2.75) is 26.4 Å². The molecule has 0 saturated heterocycles. The Balaban J connectivity index is 1.99. The van der Waals surface area contributed by atoms with Crippen LogP contribution in [0.1, 0.15) is 35.7 Å². The van der Waals surface area contributed by atoms with Gasteiger partial charge in [-0.3, -0.25) is 9.59 Å². The van der Waals surface area contributed by atoms with Crippen molar-refractivity contribution in [1.29, 1.82) is 0 Å². The molecule has 0 amide bonds. The van der Waals surface area contributed by atoms with E-state index in [4.69, 9.17) is 32.7 Å². The highest BCUT2D eigenvalue weighted by atomic mass is 35.5. The molecule has 0 radical (unpaired) electrons. The van der Waals surface area contributed by atoms with E-state index in [2.05, 4.69) is 0 Å². The number of benzene rings is 2. The first-order valence-corrected chi connectivity index (χ1v) is 8.61. The van der Waals surface area contributed by atoms with Crippen LogP contribution in [0.4, 0.5) is 0 Å². The Hall–Kier alpha value is -2.04. The molecule has 6 heteroatoms. The zero-order valence-corrected chi connectivity index (χ0v) is 15.3. The summed E-state index contributed by atoms with van der Waals surface area (Å²) >= 11 is 12.2. The lowest BCUT2D eigenvalue weighted by molar-refractivity contribution is -0.143. The Morgan fingerprint density at radius 2 is 1.68 bits per heavy atom. The van der Waals surface area contributed by atoms with E-state index in [1.54, 1.807) is 49.4 Å². The SMILES string of the molecule is CCOC(=O)CCC(=O)c1cccc(OCc2c(Cl)cccc2Cl)c1. The van der Waals surface area contributed by atoms with E-state index in [0.29, 0.717) is 33.5 Å². The van der Waals surface area contributed by atoms with Crippen molar-refractivity contribution in [3.05, 3.63) is 63.6 Å². The van der Waals surface area contributed by atoms with E-state index in [0.717, 1.165) is 0 Å². The molecule has 4 nitrogen and oxygen atoms in total. The summed E-state index contributed by atoms with van der Waals surface area (Å²) in [5.74, 6) is 0.00358. The minimum atomic E-state index is -0.378. The number of ketones is 1. The number of esters is 1. The van der Waals surface area contributed by atoms with Gasteiger partial charge in [0.1, 0.15) is 12.4 Å². The zero-order chi connectivity index (χ0) is 18.2. The van der Waals surface area contributed by atoms with Crippen LogP contribution in [0.5, 0.6) is 5.75 Å². The number of rotatable bonds is 8. The average Bonchev–Trinajstić information content (AvgIpc) is 2.60. The average molecular weight is 381 g/mol. The second kappa shape index (κ2) is 9.44. The first-order chi connectivity index (χ1) is 12.0. The summed E-state index contributed by atoms with van der Waals surface area (Å²) in [5, 5.41) is 1.04. The lowest BCUT2D eigenvalue weighted by atomic mass is 10.1. The zero-order valence-electron chi connectivity index (χ0n) is 13.8. The second-order valence-electron chi connectivity index (χ2n) is 5.24. The summed E-state index contributed by atoms with van der Waals surface area (Å²) in [4.78, 5) is 23.5. The smallest absolute Gasteiger partial charge is 0.306 e. The van der Waals surface area contributed by atoms with E-state index in [9.17, 15) is 9.59 Å². The third-order valence-electron chi connectivity index (χ3n) is 3.46. The molecule has 2 aromatic carbocycles. The molecule has 0 aliphatic rings. The summed E-state index contributed by atoms with van der Waals surface area (Å²) in [5.41, 5.74) is 1.16. The molecule has 0 saturated carbocycles. The van der Waals surface area contributed by atoms with Crippen molar-refractivity contribution in [3.8, 4) is 5.75 Å². The van der Waals surface area contributed by atoms with Crippen molar-refractivity contribution in [2.24, 2.45) is 0 Å². The van der Waals surface area contributed by atoms with Gasteiger partial charge in [-0.15, -0.1) is 0 Å². The third kappa shape index (κ3) is 5.76. The summed E-state index contributed by atoms with van der Waals surface area (Å²) < 4.78 is 10.5. The van der Waals surface area contributed by atoms with Crippen LogP contribution in [0.15, 0.2) is 42.5 Å². The van der Waals surface area contributed by atoms with Crippen LogP contribution in [0.2, 0.25) is 10.0 Å². The second-order valence-corrected chi connectivity index (χ2v) is 6.06. The molecule has 2 aromatic rings. The molecule has 0 spiro atoms. The lowest BCUT2D eigenvalue weighted by Gasteiger charge is -2.10. The highest BCUT2D eigenvalue weighted by molar-refractivity contribution is 6.35. The highest BCUT2D eigenvalue weighted by Gasteiger charge is 2.11. The number of carbonyl (C=O) groups is 2. The number of hydrogen-bond acceptors (Lipinski definition) is 4. The lowest BCUT2D eigenvalue weighted by Crippen LogP contribution is -2.08. The molecule has 0 aromatic heterocycles. The van der Waals surface area contributed by atoms with Gasteiger partial charge in [0.15, 0.2) is 5.78 Å². The predicted molar refractivity (Wildman–Crippen MR) is 97.4 cm³/mol. The van der Waals surface area contributed by atoms with Gasteiger partial charge < -0.3 is 9.47 Å². The molecule has 132 valence electrons. The number of hydrogen-bond donors (Lipinski definition) is 0. The normalized spacial score (nSPS) is 10.4. The minimum absolute atomic E-state index is 0.0625. The van der Waals surface area contributed by atoms with Crippen molar-refractivity contribution in [3.63, 3.8) is 0 Å². The maximum absolute atomic E-state index is 12.2. The van der Waals surface area contributed by atoms with Crippen LogP contribution in [-0.4, -0.2) is 18.4 Å². The molecule has 0 heterocycles. The van der Waals surface area contributed by atoms with Gasteiger partial charge in [-0.2, -0.15) is 0 Å². The monoisotopic (exact) mass is 380 g/mol. The Morgan fingerprint density at radius 3 is 2.36 bits per heavy atom. The van der Waals surface area contributed by atoms with Crippen molar-refractivity contribution in [2.75, 3.05) is 6.61 Å². The highest BCUT2D eigenvalue weighted by Crippen LogP contribution is 2.26. The fourth-order valence-corrected chi connectivity index (χ4v) is 2.68. The van der Waals surface area contributed by atoms with Crippen LogP contribution in [0.3, 0.4) is 0 Å². The first-order valence-electron chi connectivity index (χ1n) is 7.85. The van der Waals surface area contributed by atoms with E-state index in [-0.39, 0.29) is 31.2 Å². The van der Waals surface area contributed by atoms with Crippen LogP contribution in [0, 0.1) is 0 Å². The quantitative estimate of drug-likeness (QED) is 0.472. The van der Waals surface area contributed by atoms with Crippen LogP contribution in [-0.2, 0) is 16.1 Å². The van der Waals surface area contributed by atoms with Crippen LogP contribution in [0.25, 0.3) is 0 Å². The fraction of sp³-hybridized carbons (Fsp3) is 0.263. The number of Topliss-reactive ketones (excluding diaryl/α,β-unsaturated/α-hetero) is 1. The van der Waals surface area contributed by atoms with Gasteiger partial charge in [0.05, 0.1) is 13.0 Å². The van der Waals surface area contributed by atoms with E-state index < -0.39 is 0 Å². The molecule has 0 atom stereocenters. The summed E-state index contributed by atoms with van der Waals surface area (Å²) in [6.45, 7) is 2.23. The standard InChI is InChI=1S/C19H18Cl2O4/c1-2-24-19(23)10-9-18(22)13-5-3-6-14(11-13)25-12-15-16(20)7-4-8-17(15)21/h3-8,11H,2,9-10,12H2,1H3. The number of halogens is 2. The van der Waals surface area contributed by atoms with Crippen molar-refractivity contribution in [1.82, 2.24) is 0 Å². The van der Waals surface area contributed by atoms with Gasteiger partial charge in [0.25, 0.3) is 0 Å². The summed E-state index contributed by atoms with van der Waals surface area (Å²) in [6, 6.07) is 12.0. The molecule has 25 heavy (non-hydrogen) atoms. The molecular weight excluding hydrogens is 363 g/mol. The molecular formula is C19H18Cl2O4. The van der Waals surface area contributed by atoms with Gasteiger partial charge in [-0.1, -0.05) is 41.4 Å². The molecule has 0 fully saturated rings. The van der Waals surface area contributed by atoms with Crippen molar-refractivity contribution < 1.29 is 19.1 Å². The number of ether oxygens (including phenoxy) is 2. The summed E-state index contributed by atoms with van der Waals surface area (Å²) in [6.07, 6.45) is 0.158. The Labute approximate surface area is 156 Å². The summed E-state index contributed by atoms with van der Waals surface area (Å²) in [7, 11) is 0. The van der Waals surface area contributed by atoms with Gasteiger partial charge in [-0.05, 0) is 31.2 Å². The molecule has 0 N–H and O–H groups in total. The Morgan fingerprint density at radius 1 is 1.00 bits per heavy atom. The Kier molecular flexibility index (Phi) is 7.29. The van der Waals surface area contributed by atoms with Crippen LogP contribution >= 0.6 is 23.2 Å². The number of carbonyl (C=O) groups excluding carboxylic acids is 2. The molecule has 0 aliphatic carbocycles. The van der Waals surface area contributed by atoms with E-state index in [1.165, 1.54) is 0 Å². The van der Waals surface area contributed by atoms with Gasteiger partial charge in [-0.25, -0.2) is 0 Å². The van der Waals surface area contributed by atoms with Crippen molar-refractivity contribution >= 4 is 35.0 Å². The fourth-order valence-electron chi connectivity index (χ4n) is 2.18. The Bertz CT molecular complexity index is 739. The third-order valence-corrected chi connectivity index (χ3v) is 4.17. The largest absolute Gasteiger partial charge is 0.489 e. The molecule has 0 aliphatic heterocycles. The van der Waals surface area contributed by atoms with Gasteiger partial charge in [0, 0.05) is 27.6 Å². The van der Waals surface area contributed by atoms with E-state index in [1.807, 2.05) is 0 Å². The predicted octanol–water partition coefficient (Wildman–Crippen LogP) is 5.10. The van der Waals surface area contributed by atoms with Crippen LogP contribution < -0.4 is 4.74 Å². The van der Waals surface area contributed by atoms with Gasteiger partial charge in [0.2, 0.25) is 0 Å². The maximum atomic E-state index is 12.2. The maximum Gasteiger partial charge on any atom is 0.306 e. The topological polar surface area (TPSA) is 52.6 Å². The van der Waals surface area contributed by atoms with Gasteiger partial charge >= 0.3 is 5.97 Å². The minimum Gasteiger partial charge on any atom is -0.489 e. The first kappa shape index (κ1) is 19.3.